The molecule has 0 amide bonds. The average molecular weight is 383 g/mol. The molecular weight excluding hydrogens is 363 g/mol. The van der Waals surface area contributed by atoms with Crippen molar-refractivity contribution in [3.05, 3.63) is 0 Å². The molecule has 19 heavy (non-hydrogen) atoms. The predicted molar refractivity (Wildman–Crippen MR) is 106 cm³/mol. The molecule has 0 aromatic carbocycles. The van der Waals surface area contributed by atoms with Crippen LogP contribution in [0, 0.1) is 0 Å². The second kappa shape index (κ2) is 5.35. The van der Waals surface area contributed by atoms with E-state index >= 15 is 0 Å². The molecule has 4 aromatic rings. The van der Waals surface area contributed by atoms with E-state index in [4.69, 9.17) is 0 Å². The van der Waals surface area contributed by atoms with Gasteiger partial charge in [-0.3, -0.25) is 0 Å². The van der Waals surface area contributed by atoms with Crippen LogP contribution < -0.4 is 0 Å². The van der Waals surface area contributed by atoms with E-state index in [9.17, 15) is 0 Å². The van der Waals surface area contributed by atoms with Gasteiger partial charge in [-0.15, -0.1) is 13.9 Å². The fraction of sp³-hybridized carbons (Fsp3) is 1.00. The second-order valence-corrected chi connectivity index (χ2v) is 44.7. The highest BCUT2D eigenvalue weighted by Crippen LogP contribution is 3.13. The van der Waals surface area contributed by atoms with E-state index in [-0.39, 0.29) is 0 Å². The molecule has 6 bridgehead atoms. The maximum absolute atomic E-state index is 2.90. The van der Waals surface area contributed by atoms with Crippen LogP contribution in [0.15, 0.2) is 0 Å². The quantitative estimate of drug-likeness (QED) is 0.430. The van der Waals surface area contributed by atoms with Crippen LogP contribution in [0.4, 0.5) is 0 Å². The molecule has 4 atom stereocenters. The van der Waals surface area contributed by atoms with Crippen LogP contribution in [-0.2, 0) is 0 Å². The zero-order chi connectivity index (χ0) is 13.3. The van der Waals surface area contributed by atoms with Crippen LogP contribution in [0.25, 0.3) is 0 Å². The maximum Gasteiger partial charge on any atom is 0.225 e. The summed E-state index contributed by atoms with van der Waals surface area (Å²) in [6.45, 7) is 18.1. The lowest BCUT2D eigenvalue weighted by Gasteiger charge is -2.37. The molecule has 11 heteroatoms. The smallest absolute Gasteiger partial charge is 0.225 e. The first-order chi connectivity index (χ1) is 9.28. The number of hydrogen-bond acceptors (Lipinski definition) is 2. The first kappa shape index (κ1) is 14.7. The maximum atomic E-state index is 2.90. The Hall–Kier alpha value is 2.15. The van der Waals surface area contributed by atoms with Gasteiger partial charge in [0.15, 0.2) is 0 Å². The third-order valence-electron chi connectivity index (χ3n) is 4.46. The lowest BCUT2D eigenvalue weighted by Crippen LogP contribution is -2.53. The minimum Gasteiger partial charge on any atom is -0.346 e. The second-order valence-electron chi connectivity index (χ2n) is 5.07. The van der Waals surface area contributed by atoms with Crippen LogP contribution in [-0.4, -0.2) is 48.7 Å². The SMILES string of the molecule is CCN(CC)B1B(N(CC)CC)p2p3[p-]p4p(p31)p24. The third kappa shape index (κ3) is 1.83. The van der Waals surface area contributed by atoms with Crippen molar-refractivity contribution in [1.29, 1.82) is 0 Å². The van der Waals surface area contributed by atoms with Gasteiger partial charge >= 0.3 is 0 Å². The molecular formula is C8H20B2N2P7-. The minimum atomic E-state index is 0.547. The van der Waals surface area contributed by atoms with E-state index < -0.39 is 0 Å². The van der Waals surface area contributed by atoms with Crippen molar-refractivity contribution < 1.29 is 0 Å². The van der Waals surface area contributed by atoms with E-state index in [2.05, 4.69) is 44.9 Å². The third-order valence-corrected chi connectivity index (χ3v) is 90.0. The Morgan fingerprint density at radius 3 is 1.47 bits per heavy atom. The first-order valence-electron chi connectivity index (χ1n) is 7.26. The van der Waals surface area contributed by atoms with Gasteiger partial charge in [0, 0.05) is 0 Å². The van der Waals surface area contributed by atoms with Crippen molar-refractivity contribution in [2.45, 2.75) is 27.7 Å². The molecule has 0 radical (unpaired) electrons. The van der Waals surface area contributed by atoms with Crippen molar-refractivity contribution in [2.75, 3.05) is 26.2 Å². The van der Waals surface area contributed by atoms with Gasteiger partial charge in [-0.05, 0) is 26.2 Å². The van der Waals surface area contributed by atoms with Gasteiger partial charge in [-0.2, -0.15) is 32.6 Å². The monoisotopic (exact) mass is 383 g/mol. The number of nitrogens with zero attached hydrogens (tertiary/aromatic N) is 2. The molecule has 104 valence electrons. The Bertz CT molecular complexity index is 632. The van der Waals surface area contributed by atoms with Crippen LogP contribution in [0.3, 0.4) is 0 Å². The van der Waals surface area contributed by atoms with E-state index in [1.54, 1.807) is 0 Å². The minimum absolute atomic E-state index is 0.547. The molecule has 0 aliphatic carbocycles. The molecule has 5 rings (SSSR count). The highest BCUT2D eigenvalue weighted by molar-refractivity contribution is 9.19. The lowest BCUT2D eigenvalue weighted by molar-refractivity contribution is 0.476. The molecule has 4 aromatic heterocycles. The summed E-state index contributed by atoms with van der Waals surface area (Å²) in [7, 11) is 2.10. The summed E-state index contributed by atoms with van der Waals surface area (Å²) in [4.78, 5) is 5.79. The van der Waals surface area contributed by atoms with E-state index in [0.29, 0.717) is 26.3 Å². The Labute approximate surface area is 123 Å². The van der Waals surface area contributed by atoms with Crippen LogP contribution >= 0.6 is 46.6 Å². The van der Waals surface area contributed by atoms with Gasteiger partial charge in [0.25, 0.3) is 0 Å². The van der Waals surface area contributed by atoms with Crippen molar-refractivity contribution in [3.8, 4) is 0 Å². The average Bonchev–Trinajstić information content (AvgIpc) is 2.79. The normalized spacial score (nSPS) is 22.0. The number of hydrogen-bond donors (Lipinski definition) is 0. The highest BCUT2D eigenvalue weighted by atomic mass is 33.2. The van der Waals surface area contributed by atoms with Crippen molar-refractivity contribution in [3.63, 3.8) is 0 Å². The van der Waals surface area contributed by atoms with E-state index in [1.807, 2.05) is 0 Å². The largest absolute Gasteiger partial charge is 0.346 e. The molecule has 1 aliphatic rings. The highest BCUT2D eigenvalue weighted by Gasteiger charge is 2.47. The van der Waals surface area contributed by atoms with Gasteiger partial charge in [-0.1, -0.05) is 27.7 Å². The fourth-order valence-corrected chi connectivity index (χ4v) is 188. The molecule has 0 spiro atoms. The molecule has 0 N–H and O–H groups in total. The van der Waals surface area contributed by atoms with Gasteiger partial charge in [-0.25, -0.2) is 0 Å². The molecule has 0 saturated carbocycles. The van der Waals surface area contributed by atoms with Crippen LogP contribution in [0.2, 0.25) is 0 Å². The summed E-state index contributed by atoms with van der Waals surface area (Å²) in [5, 5.41) is 0. The fourth-order valence-electron chi connectivity index (χ4n) is 3.42. The van der Waals surface area contributed by atoms with Crippen LogP contribution in [0.5, 0.6) is 0 Å². The summed E-state index contributed by atoms with van der Waals surface area (Å²) in [5.41, 5.74) is 0. The Balaban J connectivity index is 1.82. The Kier molecular flexibility index (Phi) is 4.15. The molecule has 2 nitrogen and oxygen atoms in total. The summed E-state index contributed by atoms with van der Waals surface area (Å²) < 4.78 is 0. The summed E-state index contributed by atoms with van der Waals surface area (Å²) in [5.74, 6) is 0. The molecule has 0 fully saturated rings. The van der Waals surface area contributed by atoms with Gasteiger partial charge in [0.05, 0.1) is 0 Å². The van der Waals surface area contributed by atoms with Crippen molar-refractivity contribution in [1.82, 2.24) is 9.62 Å². The summed E-state index contributed by atoms with van der Waals surface area (Å²) in [6, 6.07) is 0. The zero-order valence-electron chi connectivity index (χ0n) is 12.0. The summed E-state index contributed by atoms with van der Waals surface area (Å²) >= 11 is 0. The number of rotatable bonds is 6. The molecule has 0 saturated heterocycles. The standard InChI is InChI=1S/C8H20B2N2P7/c1-5-11(6-2)9-10(12(7-3)8-4)15-16-13-17-18(14(9)16)19(15)17/h5-8H2,1-4H3/q-1. The van der Waals surface area contributed by atoms with Crippen molar-refractivity contribution in [2.24, 2.45) is 0 Å². The summed E-state index contributed by atoms with van der Waals surface area (Å²) in [6.07, 6.45) is 2.76. The van der Waals surface area contributed by atoms with Gasteiger partial charge < -0.3 is 9.62 Å². The molecule has 1 aliphatic heterocycles. The molecule has 5 heterocycles. The van der Waals surface area contributed by atoms with E-state index in [1.165, 1.54) is 26.2 Å². The first-order valence-corrected chi connectivity index (χ1v) is 22.7. The lowest BCUT2D eigenvalue weighted by atomic mass is 9.49. The van der Waals surface area contributed by atoms with Gasteiger partial charge in [0.1, 0.15) is 0 Å². The Morgan fingerprint density at radius 2 is 1.16 bits per heavy atom. The van der Waals surface area contributed by atoms with Crippen molar-refractivity contribution >= 4 is 59.5 Å². The Morgan fingerprint density at radius 1 is 0.737 bits per heavy atom. The van der Waals surface area contributed by atoms with E-state index in [0.717, 1.165) is 25.7 Å². The topological polar surface area (TPSA) is 6.48 Å². The zero-order valence-corrected chi connectivity index (χ0v) is 18.3. The van der Waals surface area contributed by atoms with Crippen LogP contribution in [0.1, 0.15) is 27.7 Å². The molecule has 4 unspecified atom stereocenters. The predicted octanol–water partition coefficient (Wildman–Crippen LogP) is 6.85. The van der Waals surface area contributed by atoms with Gasteiger partial charge in [0.2, 0.25) is 12.9 Å².